The molecule has 2 heterocycles. The van der Waals surface area contributed by atoms with Gasteiger partial charge in [0.25, 0.3) is 0 Å². The van der Waals surface area contributed by atoms with Crippen LogP contribution in [0.4, 0.5) is 0 Å². The molecule has 6 heteroatoms. The van der Waals surface area contributed by atoms with Crippen molar-refractivity contribution in [2.45, 2.75) is 32.1 Å². The average molecular weight is 277 g/mol. The molecule has 3 rings (SSSR count). The molecular weight excluding hydrogens is 258 g/mol. The summed E-state index contributed by atoms with van der Waals surface area (Å²) in [5, 5.41) is 1.70. The van der Waals surface area contributed by atoms with Crippen LogP contribution >= 0.6 is 0 Å². The second-order valence-electron chi connectivity index (χ2n) is 5.33. The number of piperidine rings is 1. The zero-order chi connectivity index (χ0) is 13.8. The van der Waals surface area contributed by atoms with Crippen LogP contribution in [0.15, 0.2) is 12.4 Å². The van der Waals surface area contributed by atoms with E-state index in [1.165, 1.54) is 31.7 Å². The summed E-state index contributed by atoms with van der Waals surface area (Å²) in [5.41, 5.74) is 0.165. The van der Waals surface area contributed by atoms with E-state index in [2.05, 4.69) is 9.97 Å². The zero-order valence-electron chi connectivity index (χ0n) is 11.5. The van der Waals surface area contributed by atoms with Crippen LogP contribution in [0.2, 0.25) is 0 Å². The Hall–Kier alpha value is -1.69. The third kappa shape index (κ3) is 3.45. The highest BCUT2D eigenvalue weighted by atomic mass is 16.7. The van der Waals surface area contributed by atoms with Crippen molar-refractivity contribution in [3.05, 3.63) is 18.1 Å². The number of carbonyl (C=O) groups excluding carboxylic acids is 1. The summed E-state index contributed by atoms with van der Waals surface area (Å²) in [4.78, 5) is 25.6. The van der Waals surface area contributed by atoms with Crippen molar-refractivity contribution in [3.8, 4) is 5.88 Å². The van der Waals surface area contributed by atoms with E-state index in [9.17, 15) is 4.79 Å². The van der Waals surface area contributed by atoms with Crippen molar-refractivity contribution < 1.29 is 14.4 Å². The zero-order valence-corrected chi connectivity index (χ0v) is 11.5. The summed E-state index contributed by atoms with van der Waals surface area (Å²) in [7, 11) is 0. The predicted molar refractivity (Wildman–Crippen MR) is 71.1 cm³/mol. The number of hydrogen-bond acceptors (Lipinski definition) is 6. The molecule has 0 radical (unpaired) electrons. The van der Waals surface area contributed by atoms with Gasteiger partial charge in [-0.05, 0) is 31.6 Å². The van der Waals surface area contributed by atoms with Crippen molar-refractivity contribution in [2.75, 3.05) is 19.7 Å². The molecule has 108 valence electrons. The van der Waals surface area contributed by atoms with Gasteiger partial charge in [-0.2, -0.15) is 0 Å². The molecule has 0 atom stereocenters. The van der Waals surface area contributed by atoms with Gasteiger partial charge < -0.3 is 9.57 Å². The molecule has 0 N–H and O–H groups in total. The van der Waals surface area contributed by atoms with E-state index in [-0.39, 0.29) is 11.6 Å². The highest BCUT2D eigenvalue weighted by Gasteiger charge is 2.25. The first-order chi connectivity index (χ1) is 9.83. The maximum absolute atomic E-state index is 12.1. The SMILES string of the molecule is O=C(ON1CCCCC1)c1nccnc1OCC1CC1. The molecule has 1 aromatic rings. The fourth-order valence-corrected chi connectivity index (χ4v) is 2.17. The molecule has 2 fully saturated rings. The molecule has 2 aliphatic rings. The molecule has 0 unspecified atom stereocenters. The van der Waals surface area contributed by atoms with Gasteiger partial charge in [0.2, 0.25) is 11.6 Å². The molecule has 1 aliphatic heterocycles. The maximum atomic E-state index is 12.1. The number of ether oxygens (including phenoxy) is 1. The van der Waals surface area contributed by atoms with Gasteiger partial charge in [-0.3, -0.25) is 0 Å². The molecule has 1 aliphatic carbocycles. The topological polar surface area (TPSA) is 64.5 Å². The van der Waals surface area contributed by atoms with Crippen LogP contribution in [0, 0.1) is 5.92 Å². The standard InChI is InChI=1S/C14H19N3O3/c18-14(20-17-8-2-1-3-9-17)12-13(16-7-6-15-12)19-10-11-4-5-11/h6-7,11H,1-5,8-10H2. The van der Waals surface area contributed by atoms with Gasteiger partial charge in [-0.1, -0.05) is 6.42 Å². The highest BCUT2D eigenvalue weighted by Crippen LogP contribution is 2.29. The molecule has 0 aromatic carbocycles. The monoisotopic (exact) mass is 277 g/mol. The van der Waals surface area contributed by atoms with E-state index in [0.717, 1.165) is 25.9 Å². The van der Waals surface area contributed by atoms with Gasteiger partial charge in [0.05, 0.1) is 6.61 Å². The van der Waals surface area contributed by atoms with Gasteiger partial charge >= 0.3 is 5.97 Å². The summed E-state index contributed by atoms with van der Waals surface area (Å²) in [6.07, 6.45) is 8.69. The first-order valence-corrected chi connectivity index (χ1v) is 7.24. The summed E-state index contributed by atoms with van der Waals surface area (Å²) in [6.45, 7) is 2.16. The van der Waals surface area contributed by atoms with E-state index in [1.807, 2.05) is 0 Å². The Labute approximate surface area is 118 Å². The van der Waals surface area contributed by atoms with E-state index in [0.29, 0.717) is 12.5 Å². The lowest BCUT2D eigenvalue weighted by Gasteiger charge is -2.24. The minimum Gasteiger partial charge on any atom is -0.476 e. The summed E-state index contributed by atoms with van der Waals surface area (Å²) < 4.78 is 5.58. The minimum atomic E-state index is -0.481. The molecule has 0 spiro atoms. The smallest absolute Gasteiger partial charge is 0.381 e. The minimum absolute atomic E-state index is 0.165. The Morgan fingerprint density at radius 3 is 2.70 bits per heavy atom. The Morgan fingerprint density at radius 2 is 1.95 bits per heavy atom. The number of carbonyl (C=O) groups is 1. The van der Waals surface area contributed by atoms with Gasteiger partial charge in [0.1, 0.15) is 0 Å². The van der Waals surface area contributed by atoms with E-state index >= 15 is 0 Å². The molecular formula is C14H19N3O3. The Morgan fingerprint density at radius 1 is 1.20 bits per heavy atom. The fraction of sp³-hybridized carbons (Fsp3) is 0.643. The Bertz CT molecular complexity index is 470. The van der Waals surface area contributed by atoms with Crippen LogP contribution in [0.3, 0.4) is 0 Å². The van der Waals surface area contributed by atoms with Crippen molar-refractivity contribution in [1.29, 1.82) is 0 Å². The molecule has 0 amide bonds. The molecule has 1 saturated carbocycles. The summed E-state index contributed by atoms with van der Waals surface area (Å²) >= 11 is 0. The number of hydroxylamine groups is 2. The van der Waals surface area contributed by atoms with Gasteiger partial charge in [-0.25, -0.2) is 14.8 Å². The highest BCUT2D eigenvalue weighted by molar-refractivity contribution is 5.89. The largest absolute Gasteiger partial charge is 0.476 e. The van der Waals surface area contributed by atoms with E-state index < -0.39 is 5.97 Å². The number of hydrogen-bond donors (Lipinski definition) is 0. The third-order valence-corrected chi connectivity index (χ3v) is 3.54. The van der Waals surface area contributed by atoms with Gasteiger partial charge in [0.15, 0.2) is 0 Å². The van der Waals surface area contributed by atoms with Crippen LogP contribution in [0.25, 0.3) is 0 Å². The normalized spacial score (nSPS) is 19.6. The van der Waals surface area contributed by atoms with Crippen LogP contribution < -0.4 is 4.74 Å². The predicted octanol–water partition coefficient (Wildman–Crippen LogP) is 1.82. The maximum Gasteiger partial charge on any atom is 0.381 e. The Balaban J connectivity index is 1.62. The molecule has 0 bridgehead atoms. The lowest BCUT2D eigenvalue weighted by atomic mass is 10.2. The van der Waals surface area contributed by atoms with Crippen LogP contribution in [0.5, 0.6) is 5.88 Å². The lowest BCUT2D eigenvalue weighted by molar-refractivity contribution is -0.120. The first kappa shape index (κ1) is 13.3. The fourth-order valence-electron chi connectivity index (χ4n) is 2.17. The van der Waals surface area contributed by atoms with Crippen molar-refractivity contribution in [2.24, 2.45) is 5.92 Å². The second kappa shape index (κ2) is 6.17. The molecule has 6 nitrogen and oxygen atoms in total. The number of nitrogens with zero attached hydrogens (tertiary/aromatic N) is 3. The van der Waals surface area contributed by atoms with Crippen molar-refractivity contribution in [3.63, 3.8) is 0 Å². The first-order valence-electron chi connectivity index (χ1n) is 7.24. The lowest BCUT2D eigenvalue weighted by Crippen LogP contribution is -2.32. The van der Waals surface area contributed by atoms with E-state index in [4.69, 9.17) is 9.57 Å². The summed E-state index contributed by atoms with van der Waals surface area (Å²) in [6, 6.07) is 0. The molecule has 20 heavy (non-hydrogen) atoms. The number of aromatic nitrogens is 2. The summed E-state index contributed by atoms with van der Waals surface area (Å²) in [5.74, 6) is 0.398. The van der Waals surface area contributed by atoms with Gasteiger partial charge in [0, 0.05) is 25.5 Å². The number of rotatable bonds is 5. The van der Waals surface area contributed by atoms with Crippen LogP contribution in [-0.2, 0) is 4.84 Å². The van der Waals surface area contributed by atoms with E-state index in [1.54, 1.807) is 5.06 Å². The average Bonchev–Trinajstić information content (AvgIpc) is 3.31. The van der Waals surface area contributed by atoms with Crippen molar-refractivity contribution in [1.82, 2.24) is 15.0 Å². The van der Waals surface area contributed by atoms with Crippen molar-refractivity contribution >= 4 is 5.97 Å². The quantitative estimate of drug-likeness (QED) is 0.818. The third-order valence-electron chi connectivity index (χ3n) is 3.54. The molecule has 1 saturated heterocycles. The van der Waals surface area contributed by atoms with Crippen LogP contribution in [-0.4, -0.2) is 40.7 Å². The van der Waals surface area contributed by atoms with Crippen LogP contribution in [0.1, 0.15) is 42.6 Å². The van der Waals surface area contributed by atoms with Gasteiger partial charge in [-0.15, -0.1) is 5.06 Å². The second-order valence-corrected chi connectivity index (χ2v) is 5.33. The Kier molecular flexibility index (Phi) is 4.11. The molecule has 1 aromatic heterocycles.